The maximum atomic E-state index is 12.3. The van der Waals surface area contributed by atoms with Crippen molar-refractivity contribution >= 4 is 11.8 Å². The van der Waals surface area contributed by atoms with Gasteiger partial charge in [0.1, 0.15) is 13.2 Å². The highest BCUT2D eigenvalue weighted by atomic mass is 16.6. The topological polar surface area (TPSA) is 76.8 Å². The number of ether oxygens (including phenoxy) is 2. The molecule has 2 aromatic rings. The van der Waals surface area contributed by atoms with Gasteiger partial charge >= 0.3 is 0 Å². The lowest BCUT2D eigenvalue weighted by atomic mass is 10.0. The van der Waals surface area contributed by atoms with E-state index in [1.807, 2.05) is 19.1 Å². The summed E-state index contributed by atoms with van der Waals surface area (Å²) in [5.41, 5.74) is 1.90. The van der Waals surface area contributed by atoms with E-state index < -0.39 is 0 Å². The van der Waals surface area contributed by atoms with E-state index in [0.717, 1.165) is 42.1 Å². The van der Waals surface area contributed by atoms with E-state index in [1.54, 1.807) is 6.07 Å². The number of hydrogen-bond donors (Lipinski definition) is 1. The summed E-state index contributed by atoms with van der Waals surface area (Å²) in [6.45, 7) is 4.19. The van der Waals surface area contributed by atoms with Crippen LogP contribution in [0.2, 0.25) is 0 Å². The van der Waals surface area contributed by atoms with Crippen LogP contribution in [0.25, 0.3) is 0 Å². The molecular weight excluding hydrogens is 322 g/mol. The number of carbonyl (C=O) groups excluding carboxylic acids is 1. The van der Waals surface area contributed by atoms with Crippen molar-refractivity contribution in [1.29, 1.82) is 0 Å². The molecular formula is C18H21N3O4. The van der Waals surface area contributed by atoms with Crippen molar-refractivity contribution in [2.24, 2.45) is 0 Å². The van der Waals surface area contributed by atoms with Gasteiger partial charge in [-0.25, -0.2) is 0 Å². The second-order valence-electron chi connectivity index (χ2n) is 6.41. The van der Waals surface area contributed by atoms with E-state index in [-0.39, 0.29) is 11.9 Å². The Balaban J connectivity index is 1.44. The molecule has 25 heavy (non-hydrogen) atoms. The maximum absolute atomic E-state index is 12.3. The minimum atomic E-state index is -0.0967. The first-order valence-corrected chi connectivity index (χ1v) is 8.56. The fourth-order valence-electron chi connectivity index (χ4n) is 3.44. The number of likely N-dealkylation sites (tertiary alicyclic amines) is 1. The second-order valence-corrected chi connectivity index (χ2v) is 6.41. The van der Waals surface area contributed by atoms with Gasteiger partial charge in [0, 0.05) is 12.1 Å². The fourth-order valence-corrected chi connectivity index (χ4v) is 3.44. The van der Waals surface area contributed by atoms with Crippen LogP contribution in [0.5, 0.6) is 11.5 Å². The van der Waals surface area contributed by atoms with Gasteiger partial charge in [-0.15, -0.1) is 0 Å². The van der Waals surface area contributed by atoms with Crippen LogP contribution in [0.1, 0.15) is 30.1 Å². The molecule has 1 aromatic heterocycles. The largest absolute Gasteiger partial charge is 0.486 e. The normalized spacial score (nSPS) is 19.8. The number of hydrogen-bond acceptors (Lipinski definition) is 6. The molecule has 3 heterocycles. The molecule has 1 atom stereocenters. The summed E-state index contributed by atoms with van der Waals surface area (Å²) in [5.74, 6) is 1.87. The molecule has 0 radical (unpaired) electrons. The third kappa shape index (κ3) is 3.46. The fraction of sp³-hybridized carbons (Fsp3) is 0.444. The first kappa shape index (κ1) is 16.0. The summed E-state index contributed by atoms with van der Waals surface area (Å²) in [6, 6.07) is 7.97. The van der Waals surface area contributed by atoms with E-state index in [4.69, 9.17) is 14.0 Å². The third-order valence-electron chi connectivity index (χ3n) is 4.55. The molecule has 1 amide bonds. The zero-order valence-electron chi connectivity index (χ0n) is 14.2. The second kappa shape index (κ2) is 6.76. The van der Waals surface area contributed by atoms with Gasteiger partial charge in [-0.05, 0) is 44.0 Å². The van der Waals surface area contributed by atoms with Gasteiger partial charge in [0.2, 0.25) is 11.8 Å². The molecule has 0 saturated carbocycles. The summed E-state index contributed by atoms with van der Waals surface area (Å²) in [4.78, 5) is 14.5. The zero-order valence-corrected chi connectivity index (χ0v) is 14.2. The van der Waals surface area contributed by atoms with Gasteiger partial charge in [0.25, 0.3) is 0 Å². The highest BCUT2D eigenvalue weighted by molar-refractivity contribution is 5.91. The Morgan fingerprint density at radius 2 is 2.12 bits per heavy atom. The van der Waals surface area contributed by atoms with Gasteiger partial charge in [-0.1, -0.05) is 11.2 Å². The number of benzene rings is 1. The zero-order chi connectivity index (χ0) is 17.2. The predicted octanol–water partition coefficient (Wildman–Crippen LogP) is 2.53. The van der Waals surface area contributed by atoms with Crippen LogP contribution >= 0.6 is 0 Å². The van der Waals surface area contributed by atoms with Crippen molar-refractivity contribution < 1.29 is 18.8 Å². The predicted molar refractivity (Wildman–Crippen MR) is 90.8 cm³/mol. The van der Waals surface area contributed by atoms with Crippen LogP contribution in [-0.2, 0) is 4.79 Å². The molecule has 0 bridgehead atoms. The molecule has 2 aliphatic heterocycles. The van der Waals surface area contributed by atoms with E-state index in [2.05, 4.69) is 21.4 Å². The van der Waals surface area contributed by atoms with Crippen LogP contribution < -0.4 is 14.8 Å². The van der Waals surface area contributed by atoms with Gasteiger partial charge in [-0.3, -0.25) is 15.0 Å². The van der Waals surface area contributed by atoms with Gasteiger partial charge in [-0.2, -0.15) is 0 Å². The first-order valence-electron chi connectivity index (χ1n) is 8.56. The van der Waals surface area contributed by atoms with Crippen molar-refractivity contribution in [2.75, 3.05) is 31.6 Å². The Morgan fingerprint density at radius 3 is 2.92 bits per heavy atom. The summed E-state index contributed by atoms with van der Waals surface area (Å²) in [6.07, 6.45) is 2.09. The lowest BCUT2D eigenvalue weighted by molar-refractivity contribution is -0.117. The molecule has 1 fully saturated rings. The maximum Gasteiger partial charge on any atom is 0.240 e. The molecule has 1 N–H and O–H groups in total. The van der Waals surface area contributed by atoms with Crippen LogP contribution in [0, 0.1) is 6.92 Å². The van der Waals surface area contributed by atoms with Gasteiger partial charge in [0.05, 0.1) is 12.2 Å². The minimum Gasteiger partial charge on any atom is -0.486 e. The number of rotatable bonds is 4. The highest BCUT2D eigenvalue weighted by Gasteiger charge is 2.29. The molecule has 2 aliphatic rings. The molecule has 0 spiro atoms. The number of nitrogens with one attached hydrogen (secondary N) is 1. The molecule has 132 valence electrons. The summed E-state index contributed by atoms with van der Waals surface area (Å²) in [5, 5.41) is 6.53. The average Bonchev–Trinajstić information content (AvgIpc) is 3.23. The monoisotopic (exact) mass is 343 g/mol. The Labute approximate surface area is 145 Å². The van der Waals surface area contributed by atoms with Gasteiger partial charge in [0.15, 0.2) is 11.5 Å². The summed E-state index contributed by atoms with van der Waals surface area (Å²) in [7, 11) is 0. The van der Waals surface area contributed by atoms with Crippen LogP contribution in [0.15, 0.2) is 28.8 Å². The number of anilines is 1. The Morgan fingerprint density at radius 1 is 1.28 bits per heavy atom. The van der Waals surface area contributed by atoms with Crippen molar-refractivity contribution in [3.8, 4) is 11.5 Å². The number of aromatic nitrogens is 1. The van der Waals surface area contributed by atoms with E-state index in [0.29, 0.717) is 25.6 Å². The number of aryl methyl sites for hydroxylation is 1. The molecule has 7 heteroatoms. The molecule has 1 aromatic carbocycles. The summed E-state index contributed by atoms with van der Waals surface area (Å²) < 4.78 is 16.3. The first-order chi connectivity index (χ1) is 12.2. The molecule has 1 saturated heterocycles. The van der Waals surface area contributed by atoms with Crippen LogP contribution in [0.4, 0.5) is 5.88 Å². The Kier molecular flexibility index (Phi) is 4.31. The van der Waals surface area contributed by atoms with Crippen LogP contribution in [0.3, 0.4) is 0 Å². The number of fused-ring (bicyclic) bond motifs is 1. The number of carbonyl (C=O) groups is 1. The van der Waals surface area contributed by atoms with E-state index >= 15 is 0 Å². The number of amides is 1. The molecule has 0 unspecified atom stereocenters. The highest BCUT2D eigenvalue weighted by Crippen LogP contribution is 2.37. The SMILES string of the molecule is Cc1cc(NC(=O)CN2CCC[C@@H]2c2ccc3c(c2)OCCO3)on1. The minimum absolute atomic E-state index is 0.0967. The average molecular weight is 343 g/mol. The lowest BCUT2D eigenvalue weighted by Gasteiger charge is -2.26. The quantitative estimate of drug-likeness (QED) is 0.919. The van der Waals surface area contributed by atoms with Crippen molar-refractivity contribution in [2.45, 2.75) is 25.8 Å². The molecule has 7 nitrogen and oxygen atoms in total. The van der Waals surface area contributed by atoms with Crippen LogP contribution in [-0.4, -0.2) is 42.3 Å². The van der Waals surface area contributed by atoms with E-state index in [1.165, 1.54) is 0 Å². The standard InChI is InChI=1S/C18H21N3O4/c1-12-9-18(25-20-12)19-17(22)11-21-6-2-3-14(21)13-4-5-15-16(10-13)24-8-7-23-15/h4-5,9-10,14H,2-3,6-8,11H2,1H3,(H,19,22)/t14-/m1/s1. The van der Waals surface area contributed by atoms with E-state index in [9.17, 15) is 4.79 Å². The summed E-state index contributed by atoms with van der Waals surface area (Å²) >= 11 is 0. The van der Waals surface area contributed by atoms with Crippen molar-refractivity contribution in [1.82, 2.24) is 10.1 Å². The molecule has 4 rings (SSSR count). The third-order valence-corrected chi connectivity index (χ3v) is 4.55. The molecule has 0 aliphatic carbocycles. The van der Waals surface area contributed by atoms with Crippen molar-refractivity contribution in [3.05, 3.63) is 35.5 Å². The number of nitrogens with zero attached hydrogens (tertiary/aromatic N) is 2. The lowest BCUT2D eigenvalue weighted by Crippen LogP contribution is -2.32. The van der Waals surface area contributed by atoms with Crippen molar-refractivity contribution in [3.63, 3.8) is 0 Å². The Bertz CT molecular complexity index is 773. The smallest absolute Gasteiger partial charge is 0.240 e. The Hall–Kier alpha value is -2.54. The van der Waals surface area contributed by atoms with Gasteiger partial charge < -0.3 is 14.0 Å².